The minimum atomic E-state index is -4.69. The number of aryl methyl sites for hydroxylation is 2. The van der Waals surface area contributed by atoms with E-state index in [1.165, 1.54) is 17.0 Å². The maximum Gasteiger partial charge on any atom is 0.416 e. The zero-order valence-electron chi connectivity index (χ0n) is 20.7. The van der Waals surface area contributed by atoms with Crippen molar-refractivity contribution in [1.82, 2.24) is 20.3 Å². The van der Waals surface area contributed by atoms with Crippen LogP contribution in [0.3, 0.4) is 0 Å². The van der Waals surface area contributed by atoms with Gasteiger partial charge in [-0.25, -0.2) is 15.2 Å². The molecule has 0 saturated carbocycles. The molecule has 7 N–H and O–H groups in total. The first-order valence-electron chi connectivity index (χ1n) is 11.4. The zero-order chi connectivity index (χ0) is 27.9. The number of nitrogens with one attached hydrogen (secondary N) is 3. The van der Waals surface area contributed by atoms with Crippen LogP contribution >= 0.6 is 0 Å². The fraction of sp³-hybridized carbons (Fsp3) is 0.292. The second-order valence-electron chi connectivity index (χ2n) is 8.25. The quantitative estimate of drug-likeness (QED) is 0.0665. The number of hydrazine groups is 1. The van der Waals surface area contributed by atoms with Crippen LogP contribution in [0.15, 0.2) is 52.6 Å². The van der Waals surface area contributed by atoms with Gasteiger partial charge in [0.15, 0.2) is 5.82 Å². The molecule has 0 atom stereocenters. The number of nitrogens with zero attached hydrogens (tertiary/aromatic N) is 3. The van der Waals surface area contributed by atoms with Crippen molar-refractivity contribution < 1.29 is 22.3 Å². The van der Waals surface area contributed by atoms with Gasteiger partial charge >= 0.3 is 6.18 Å². The number of halogens is 4. The largest absolute Gasteiger partial charge is 0.492 e. The molecule has 0 aliphatic carbocycles. The predicted molar refractivity (Wildman–Crippen MR) is 136 cm³/mol. The molecule has 0 amide bonds. The Balaban J connectivity index is 1.72. The molecule has 0 fully saturated rings. The molecule has 0 saturated heterocycles. The van der Waals surface area contributed by atoms with Gasteiger partial charge in [-0.1, -0.05) is 0 Å². The number of aromatic nitrogens is 2. The summed E-state index contributed by atoms with van der Waals surface area (Å²) in [5, 5.41) is 9.16. The lowest BCUT2D eigenvalue weighted by molar-refractivity contribution is -0.137. The summed E-state index contributed by atoms with van der Waals surface area (Å²) < 4.78 is 59.9. The second-order valence-corrected chi connectivity index (χ2v) is 8.25. The molecule has 0 aliphatic rings. The Morgan fingerprint density at radius 3 is 2.47 bits per heavy atom. The van der Waals surface area contributed by atoms with Crippen molar-refractivity contribution in [3.05, 3.63) is 75.6 Å². The van der Waals surface area contributed by atoms with Crippen LogP contribution in [0.25, 0.3) is 5.69 Å². The number of alkyl halides is 3. The van der Waals surface area contributed by atoms with Crippen LogP contribution in [0.4, 0.5) is 29.1 Å². The molecule has 3 aromatic rings. The molecule has 14 heteroatoms. The first kappa shape index (κ1) is 28.4. The summed E-state index contributed by atoms with van der Waals surface area (Å²) in [7, 11) is 0. The van der Waals surface area contributed by atoms with E-state index in [9.17, 15) is 22.4 Å². The van der Waals surface area contributed by atoms with Gasteiger partial charge in [0.1, 0.15) is 24.0 Å². The van der Waals surface area contributed by atoms with Crippen LogP contribution in [0.1, 0.15) is 23.1 Å². The van der Waals surface area contributed by atoms with Gasteiger partial charge in [-0.05, 0) is 55.3 Å². The highest BCUT2D eigenvalue weighted by Crippen LogP contribution is 2.32. The SMILES string of the molecule is Cc1cc(-n2ccnc(Nc3ccc(C(F)(F)F)cc3F)c2=O)cc(C)c1OCCNCC/C(=N/N)NN. The van der Waals surface area contributed by atoms with Crippen molar-refractivity contribution >= 4 is 17.3 Å². The molecule has 38 heavy (non-hydrogen) atoms. The average Bonchev–Trinajstić information content (AvgIpc) is 2.86. The van der Waals surface area contributed by atoms with Crippen molar-refractivity contribution in [2.24, 2.45) is 16.8 Å². The summed E-state index contributed by atoms with van der Waals surface area (Å²) in [6, 6.07) is 5.48. The van der Waals surface area contributed by atoms with Crippen molar-refractivity contribution in [2.75, 3.05) is 25.0 Å². The predicted octanol–water partition coefficient (Wildman–Crippen LogP) is 2.84. The molecule has 0 aliphatic heterocycles. The fourth-order valence-corrected chi connectivity index (χ4v) is 3.65. The van der Waals surface area contributed by atoms with Crippen LogP contribution in [0.2, 0.25) is 0 Å². The Kier molecular flexibility index (Phi) is 9.25. The van der Waals surface area contributed by atoms with Crippen LogP contribution in [-0.2, 0) is 6.18 Å². The Morgan fingerprint density at radius 2 is 1.87 bits per heavy atom. The lowest BCUT2D eigenvalue weighted by Crippen LogP contribution is -2.34. The summed E-state index contributed by atoms with van der Waals surface area (Å²) in [4.78, 5) is 17.0. The number of benzene rings is 2. The van der Waals surface area contributed by atoms with Gasteiger partial charge in [0.05, 0.1) is 11.3 Å². The monoisotopic (exact) mass is 536 g/mol. The average molecular weight is 537 g/mol. The number of nitrogens with two attached hydrogens (primary N) is 2. The highest BCUT2D eigenvalue weighted by molar-refractivity contribution is 5.81. The Labute approximate surface area is 215 Å². The van der Waals surface area contributed by atoms with Gasteiger partial charge in [-0.2, -0.15) is 18.3 Å². The molecule has 0 spiro atoms. The molecule has 0 radical (unpaired) electrons. The third kappa shape index (κ3) is 6.98. The molecular weight excluding hydrogens is 508 g/mol. The van der Waals surface area contributed by atoms with E-state index < -0.39 is 23.1 Å². The van der Waals surface area contributed by atoms with Gasteiger partial charge in [0.25, 0.3) is 5.56 Å². The highest BCUT2D eigenvalue weighted by atomic mass is 19.4. The van der Waals surface area contributed by atoms with Crippen LogP contribution in [0, 0.1) is 19.7 Å². The van der Waals surface area contributed by atoms with E-state index in [1.807, 2.05) is 13.8 Å². The summed E-state index contributed by atoms with van der Waals surface area (Å²) in [6.07, 6.45) is -1.40. The van der Waals surface area contributed by atoms with Crippen molar-refractivity contribution in [3.8, 4) is 11.4 Å². The standard InChI is InChI=1S/C24H28F4N8O2/c1-14-11-17(12-15(2)21(14)38-10-8-31-6-5-20(34-29)35-30)36-9-7-32-22(23(36)37)33-19-4-3-16(13-18(19)25)24(26,27)28/h3-4,7,9,11-13,31H,5-6,8,10,29-30H2,1-2H3,(H,32,33)(H,34,35). The van der Waals surface area contributed by atoms with E-state index in [-0.39, 0.29) is 11.5 Å². The van der Waals surface area contributed by atoms with E-state index in [4.69, 9.17) is 16.4 Å². The first-order valence-corrected chi connectivity index (χ1v) is 11.4. The second kappa shape index (κ2) is 12.4. The molecule has 1 heterocycles. The Bertz CT molecular complexity index is 1330. The minimum Gasteiger partial charge on any atom is -0.492 e. The van der Waals surface area contributed by atoms with E-state index in [0.29, 0.717) is 49.5 Å². The number of ether oxygens (including phenoxy) is 1. The van der Waals surface area contributed by atoms with Gasteiger partial charge in [-0.15, -0.1) is 0 Å². The Morgan fingerprint density at radius 1 is 1.16 bits per heavy atom. The van der Waals surface area contributed by atoms with Crippen LogP contribution in [-0.4, -0.2) is 35.1 Å². The Hall–Kier alpha value is -4.17. The third-order valence-electron chi connectivity index (χ3n) is 5.50. The number of amidine groups is 1. The first-order chi connectivity index (χ1) is 18.0. The summed E-state index contributed by atoms with van der Waals surface area (Å²) >= 11 is 0. The summed E-state index contributed by atoms with van der Waals surface area (Å²) in [6.45, 7) is 5.20. The van der Waals surface area contributed by atoms with Crippen molar-refractivity contribution in [3.63, 3.8) is 0 Å². The number of anilines is 2. The molecular formula is C24H28F4N8O2. The number of hydrazone groups is 1. The summed E-state index contributed by atoms with van der Waals surface area (Å²) in [5.41, 5.74) is 2.40. The van der Waals surface area contributed by atoms with E-state index in [2.05, 4.69) is 26.1 Å². The molecule has 0 unspecified atom stereocenters. The van der Waals surface area contributed by atoms with Gasteiger partial charge in [0, 0.05) is 37.6 Å². The maximum atomic E-state index is 14.3. The molecule has 2 aromatic carbocycles. The number of hydrogen-bond donors (Lipinski definition) is 5. The third-order valence-corrected chi connectivity index (χ3v) is 5.50. The van der Waals surface area contributed by atoms with E-state index in [1.54, 1.807) is 12.1 Å². The zero-order valence-corrected chi connectivity index (χ0v) is 20.7. The van der Waals surface area contributed by atoms with Crippen LogP contribution < -0.4 is 38.0 Å². The van der Waals surface area contributed by atoms with Crippen LogP contribution in [0.5, 0.6) is 5.75 Å². The highest BCUT2D eigenvalue weighted by Gasteiger charge is 2.31. The lowest BCUT2D eigenvalue weighted by Gasteiger charge is -2.16. The van der Waals surface area contributed by atoms with Gasteiger partial charge < -0.3 is 26.6 Å². The van der Waals surface area contributed by atoms with Gasteiger partial charge in [-0.3, -0.25) is 9.36 Å². The normalized spacial score (nSPS) is 11.9. The van der Waals surface area contributed by atoms with Crippen molar-refractivity contribution in [2.45, 2.75) is 26.4 Å². The molecule has 1 aromatic heterocycles. The smallest absolute Gasteiger partial charge is 0.416 e. The topological polar surface area (TPSA) is 145 Å². The number of hydrogen-bond acceptors (Lipinski definition) is 8. The maximum absolute atomic E-state index is 14.3. The number of rotatable bonds is 10. The molecule has 3 rings (SSSR count). The van der Waals surface area contributed by atoms with E-state index in [0.717, 1.165) is 23.3 Å². The molecule has 10 nitrogen and oxygen atoms in total. The summed E-state index contributed by atoms with van der Waals surface area (Å²) in [5.74, 6) is 10.2. The van der Waals surface area contributed by atoms with Gasteiger partial charge in [0.2, 0.25) is 0 Å². The van der Waals surface area contributed by atoms with E-state index >= 15 is 0 Å². The molecule has 0 bridgehead atoms. The molecule has 204 valence electrons. The lowest BCUT2D eigenvalue weighted by atomic mass is 10.1. The fourth-order valence-electron chi connectivity index (χ4n) is 3.65. The van der Waals surface area contributed by atoms with Crippen molar-refractivity contribution in [1.29, 1.82) is 0 Å². The minimum absolute atomic E-state index is 0.250.